The maximum absolute atomic E-state index is 13.1. The van der Waals surface area contributed by atoms with Gasteiger partial charge < -0.3 is 15.0 Å². The van der Waals surface area contributed by atoms with Crippen LogP contribution < -0.4 is 10.1 Å². The number of carbonyl (C=O) groups is 1. The summed E-state index contributed by atoms with van der Waals surface area (Å²) in [5.41, 5.74) is 0.844. The van der Waals surface area contributed by atoms with Crippen LogP contribution >= 0.6 is 23.4 Å². The van der Waals surface area contributed by atoms with Crippen LogP contribution in [0.2, 0.25) is 5.02 Å². The average molecular weight is 521 g/mol. The molecule has 2 atom stereocenters. The fraction of sp³-hybridized carbons (Fsp3) is 0.269. The number of hydrogen-bond donors (Lipinski definition) is 1. The third-order valence-electron chi connectivity index (χ3n) is 5.85. The van der Waals surface area contributed by atoms with Crippen LogP contribution in [0, 0.1) is 0 Å². The van der Waals surface area contributed by atoms with E-state index in [0.29, 0.717) is 41.6 Å². The summed E-state index contributed by atoms with van der Waals surface area (Å²) in [6.45, 7) is 0.824. The molecule has 0 aromatic heterocycles. The molecule has 3 aromatic rings. The largest absolute Gasteiger partial charge is 0.457 e. The van der Waals surface area contributed by atoms with Gasteiger partial charge in [-0.2, -0.15) is 24.9 Å². The number of thioether (sulfide) groups is 1. The zero-order valence-corrected chi connectivity index (χ0v) is 20.5. The van der Waals surface area contributed by atoms with Gasteiger partial charge in [-0.15, -0.1) is 0 Å². The molecule has 1 fully saturated rings. The van der Waals surface area contributed by atoms with Gasteiger partial charge >= 0.3 is 12.2 Å². The summed E-state index contributed by atoms with van der Waals surface area (Å²) >= 11 is 7.59. The van der Waals surface area contributed by atoms with E-state index in [0.717, 1.165) is 17.7 Å². The predicted octanol–water partition coefficient (Wildman–Crippen LogP) is 7.71. The summed E-state index contributed by atoms with van der Waals surface area (Å²) in [7, 11) is 0. The van der Waals surface area contributed by atoms with Crippen molar-refractivity contribution >= 4 is 29.4 Å². The van der Waals surface area contributed by atoms with Gasteiger partial charge in [0.1, 0.15) is 11.5 Å². The van der Waals surface area contributed by atoms with Crippen LogP contribution in [0.4, 0.5) is 18.0 Å². The number of nitrogens with zero attached hydrogens (tertiary/aromatic N) is 1. The van der Waals surface area contributed by atoms with Gasteiger partial charge in [-0.25, -0.2) is 4.79 Å². The second kappa shape index (κ2) is 10.8. The number of alkyl halides is 3. The number of ether oxygens (including phenoxy) is 1. The van der Waals surface area contributed by atoms with E-state index in [1.807, 2.05) is 30.5 Å². The molecule has 1 N–H and O–H groups in total. The molecule has 1 aliphatic rings. The highest BCUT2D eigenvalue weighted by Gasteiger charge is 2.34. The first-order chi connectivity index (χ1) is 16.7. The molecule has 1 saturated heterocycles. The Balaban J connectivity index is 1.35. The first kappa shape index (κ1) is 25.3. The third kappa shape index (κ3) is 6.44. The van der Waals surface area contributed by atoms with Crippen molar-refractivity contribution in [3.8, 4) is 11.5 Å². The molecule has 3 aromatic carbocycles. The van der Waals surface area contributed by atoms with Crippen molar-refractivity contribution in [3.63, 3.8) is 0 Å². The van der Waals surface area contributed by atoms with Crippen LogP contribution in [0.5, 0.6) is 11.5 Å². The molecule has 4 rings (SSSR count). The monoisotopic (exact) mass is 520 g/mol. The molecule has 1 unspecified atom stereocenters. The minimum atomic E-state index is -4.42. The molecular weight excluding hydrogens is 497 g/mol. The van der Waals surface area contributed by atoms with Gasteiger partial charge in [-0.3, -0.25) is 0 Å². The SMILES string of the molecule is CS[C@@H](CCN1CC(c2cccc(C(F)(F)F)c2)NC1=O)c1ccc(Oc2ccc(Cl)cc2)cc1. The van der Waals surface area contributed by atoms with Gasteiger partial charge in [0, 0.05) is 23.4 Å². The third-order valence-corrected chi connectivity index (χ3v) is 7.18. The number of carbonyl (C=O) groups excluding carboxylic acids is 1. The number of hydrogen-bond acceptors (Lipinski definition) is 3. The Hall–Kier alpha value is -2.84. The number of urea groups is 1. The number of nitrogens with one attached hydrogen (secondary N) is 1. The van der Waals surface area contributed by atoms with Crippen LogP contribution in [0.3, 0.4) is 0 Å². The highest BCUT2D eigenvalue weighted by Crippen LogP contribution is 2.34. The molecular formula is C26H24ClF3N2O2S. The lowest BCUT2D eigenvalue weighted by Gasteiger charge is -2.20. The first-order valence-electron chi connectivity index (χ1n) is 11.0. The van der Waals surface area contributed by atoms with Crippen LogP contribution in [-0.2, 0) is 6.18 Å². The Labute approximate surface area is 211 Å². The van der Waals surface area contributed by atoms with E-state index in [1.54, 1.807) is 47.0 Å². The standard InChI is InChI=1S/C26H24ClF3N2O2S/c1-35-24(17-5-9-21(10-6-17)34-22-11-7-20(27)8-12-22)13-14-32-16-23(31-25(32)33)18-3-2-4-19(15-18)26(28,29)30/h2-12,15,23-24H,13-14,16H2,1H3,(H,31,33)/t23?,24-/m0/s1. The van der Waals surface area contributed by atoms with E-state index in [9.17, 15) is 18.0 Å². The van der Waals surface area contributed by atoms with Crippen molar-refractivity contribution in [3.05, 3.63) is 94.5 Å². The first-order valence-corrected chi connectivity index (χ1v) is 12.7. The summed E-state index contributed by atoms with van der Waals surface area (Å²) in [4.78, 5) is 14.1. The topological polar surface area (TPSA) is 41.6 Å². The van der Waals surface area contributed by atoms with Gasteiger partial charge in [0.05, 0.1) is 11.6 Å². The highest BCUT2D eigenvalue weighted by atomic mass is 35.5. The van der Waals surface area contributed by atoms with E-state index in [4.69, 9.17) is 16.3 Å². The summed E-state index contributed by atoms with van der Waals surface area (Å²) in [6, 6.07) is 19.3. The zero-order chi connectivity index (χ0) is 25.0. The van der Waals surface area contributed by atoms with Crippen molar-refractivity contribution in [2.75, 3.05) is 19.3 Å². The molecule has 4 nitrogen and oxygen atoms in total. The van der Waals surface area contributed by atoms with Crippen LogP contribution in [0.1, 0.15) is 34.4 Å². The summed E-state index contributed by atoms with van der Waals surface area (Å²) in [6.07, 6.45) is -1.70. The molecule has 0 spiro atoms. The summed E-state index contributed by atoms with van der Waals surface area (Å²) < 4.78 is 45.0. The van der Waals surface area contributed by atoms with Crippen molar-refractivity contribution in [1.29, 1.82) is 0 Å². The molecule has 9 heteroatoms. The Morgan fingerprint density at radius 2 is 1.74 bits per heavy atom. The van der Waals surface area contributed by atoms with Gasteiger partial charge in [-0.1, -0.05) is 35.9 Å². The lowest BCUT2D eigenvalue weighted by atomic mass is 10.0. The second-order valence-corrected chi connectivity index (χ2v) is 9.69. The molecule has 1 heterocycles. The molecule has 1 aliphatic heterocycles. The molecule has 2 amide bonds. The Morgan fingerprint density at radius 3 is 2.37 bits per heavy atom. The molecule has 0 aliphatic carbocycles. The number of halogens is 4. The number of rotatable bonds is 8. The van der Waals surface area contributed by atoms with E-state index >= 15 is 0 Å². The zero-order valence-electron chi connectivity index (χ0n) is 18.9. The predicted molar refractivity (Wildman–Crippen MR) is 133 cm³/mol. The van der Waals surface area contributed by atoms with E-state index < -0.39 is 17.8 Å². The average Bonchev–Trinajstić information content (AvgIpc) is 3.22. The molecule has 0 saturated carbocycles. The quantitative estimate of drug-likeness (QED) is 0.330. The van der Waals surface area contributed by atoms with Gasteiger partial charge in [0.25, 0.3) is 0 Å². The Kier molecular flexibility index (Phi) is 7.82. The van der Waals surface area contributed by atoms with Crippen LogP contribution in [-0.4, -0.2) is 30.3 Å². The van der Waals surface area contributed by atoms with E-state index in [-0.39, 0.29) is 11.3 Å². The van der Waals surface area contributed by atoms with Gasteiger partial charge in [0.15, 0.2) is 0 Å². The highest BCUT2D eigenvalue weighted by molar-refractivity contribution is 7.98. The van der Waals surface area contributed by atoms with Crippen molar-refractivity contribution < 1.29 is 22.7 Å². The summed E-state index contributed by atoms with van der Waals surface area (Å²) in [5.74, 6) is 1.40. The van der Waals surface area contributed by atoms with E-state index in [1.165, 1.54) is 6.07 Å². The normalized spacial score (nSPS) is 16.8. The van der Waals surface area contributed by atoms with Crippen LogP contribution in [0.15, 0.2) is 72.8 Å². The maximum atomic E-state index is 13.1. The molecule has 0 bridgehead atoms. The lowest BCUT2D eigenvalue weighted by Crippen LogP contribution is -2.29. The number of benzene rings is 3. The van der Waals surface area contributed by atoms with Crippen molar-refractivity contribution in [2.45, 2.75) is 23.9 Å². The minimum Gasteiger partial charge on any atom is -0.457 e. The number of amides is 2. The van der Waals surface area contributed by atoms with Crippen molar-refractivity contribution in [1.82, 2.24) is 10.2 Å². The summed E-state index contributed by atoms with van der Waals surface area (Å²) in [5, 5.41) is 3.60. The second-order valence-electron chi connectivity index (χ2n) is 8.21. The smallest absolute Gasteiger partial charge is 0.416 e. The fourth-order valence-corrected chi connectivity index (χ4v) is 4.88. The van der Waals surface area contributed by atoms with Crippen molar-refractivity contribution in [2.24, 2.45) is 0 Å². The van der Waals surface area contributed by atoms with Crippen LogP contribution in [0.25, 0.3) is 0 Å². The minimum absolute atomic E-state index is 0.153. The van der Waals surface area contributed by atoms with E-state index in [2.05, 4.69) is 5.32 Å². The Morgan fingerprint density at radius 1 is 1.09 bits per heavy atom. The maximum Gasteiger partial charge on any atom is 0.416 e. The van der Waals surface area contributed by atoms with Gasteiger partial charge in [0.2, 0.25) is 0 Å². The fourth-order valence-electron chi connectivity index (χ4n) is 3.99. The van der Waals surface area contributed by atoms with Gasteiger partial charge in [-0.05, 0) is 72.3 Å². The molecule has 184 valence electrons. The Bertz CT molecular complexity index is 1160. The molecule has 0 radical (unpaired) electrons. The molecule has 35 heavy (non-hydrogen) atoms. The lowest BCUT2D eigenvalue weighted by molar-refractivity contribution is -0.137.